The largest absolute Gasteiger partial charge is 0.348 e. The highest BCUT2D eigenvalue weighted by atomic mass is 16.1. The quantitative estimate of drug-likeness (QED) is 0.510. The molecule has 0 aliphatic carbocycles. The first-order valence-corrected chi connectivity index (χ1v) is 6.08. The number of nitrogens with zero attached hydrogens (tertiary/aromatic N) is 1. The van der Waals surface area contributed by atoms with Gasteiger partial charge in [0, 0.05) is 6.54 Å². The number of aryl methyl sites for hydroxylation is 3. The van der Waals surface area contributed by atoms with Crippen LogP contribution in [0.2, 0.25) is 0 Å². The van der Waals surface area contributed by atoms with Crippen LogP contribution in [-0.2, 0) is 4.79 Å². The fraction of sp³-hybridized carbons (Fsp3) is 0.250. The molecule has 1 rings (SSSR count). The van der Waals surface area contributed by atoms with Crippen LogP contribution >= 0.6 is 0 Å². The van der Waals surface area contributed by atoms with Gasteiger partial charge in [0.2, 0.25) is 0 Å². The molecule has 1 aromatic rings. The van der Waals surface area contributed by atoms with Crippen molar-refractivity contribution in [1.29, 1.82) is 5.26 Å². The third-order valence-electron chi connectivity index (χ3n) is 2.95. The Morgan fingerprint density at radius 1 is 1.32 bits per heavy atom. The Morgan fingerprint density at radius 3 is 2.53 bits per heavy atom. The van der Waals surface area contributed by atoms with Crippen molar-refractivity contribution in [2.24, 2.45) is 0 Å². The maximum absolute atomic E-state index is 11.8. The van der Waals surface area contributed by atoms with Crippen LogP contribution < -0.4 is 5.32 Å². The summed E-state index contributed by atoms with van der Waals surface area (Å²) in [7, 11) is 0. The average Bonchev–Trinajstić information content (AvgIpc) is 2.38. The molecule has 0 fully saturated rings. The van der Waals surface area contributed by atoms with Crippen LogP contribution in [0.3, 0.4) is 0 Å². The number of carbonyl (C=O) groups excluding carboxylic acids is 1. The molecule has 0 unspecified atom stereocenters. The van der Waals surface area contributed by atoms with Crippen molar-refractivity contribution in [3.63, 3.8) is 0 Å². The van der Waals surface area contributed by atoms with Gasteiger partial charge >= 0.3 is 0 Å². The SMILES string of the molecule is C=CCNC(=O)/C(C#N)=C/c1cc(C)c(C)cc1C. The first-order chi connectivity index (χ1) is 8.99. The van der Waals surface area contributed by atoms with Crippen molar-refractivity contribution in [2.75, 3.05) is 6.54 Å². The van der Waals surface area contributed by atoms with Crippen LogP contribution in [0.25, 0.3) is 6.08 Å². The first kappa shape index (κ1) is 14.7. The zero-order chi connectivity index (χ0) is 14.4. The van der Waals surface area contributed by atoms with Crippen LogP contribution in [0.4, 0.5) is 0 Å². The molecule has 98 valence electrons. The molecular weight excluding hydrogens is 236 g/mol. The van der Waals surface area contributed by atoms with Gasteiger partial charge in [0.15, 0.2) is 0 Å². The summed E-state index contributed by atoms with van der Waals surface area (Å²) in [5.74, 6) is -0.375. The van der Waals surface area contributed by atoms with Gasteiger partial charge in [0.1, 0.15) is 11.6 Å². The highest BCUT2D eigenvalue weighted by Crippen LogP contribution is 2.18. The predicted molar refractivity (Wildman–Crippen MR) is 77.4 cm³/mol. The minimum absolute atomic E-state index is 0.105. The van der Waals surface area contributed by atoms with E-state index in [1.807, 2.05) is 32.9 Å². The third kappa shape index (κ3) is 3.82. The molecular formula is C16H18N2O. The molecule has 3 heteroatoms. The number of carbonyl (C=O) groups is 1. The van der Waals surface area contributed by atoms with Gasteiger partial charge in [0.05, 0.1) is 0 Å². The molecule has 1 aromatic carbocycles. The number of benzene rings is 1. The Kier molecular flexibility index (Phi) is 5.08. The average molecular weight is 254 g/mol. The molecule has 0 saturated carbocycles. The first-order valence-electron chi connectivity index (χ1n) is 6.08. The Labute approximate surface area is 114 Å². The number of nitrogens with one attached hydrogen (secondary N) is 1. The summed E-state index contributed by atoms with van der Waals surface area (Å²) in [6.07, 6.45) is 3.20. The van der Waals surface area contributed by atoms with E-state index >= 15 is 0 Å². The second-order valence-electron chi connectivity index (χ2n) is 4.46. The second-order valence-corrected chi connectivity index (χ2v) is 4.46. The fourth-order valence-corrected chi connectivity index (χ4v) is 1.70. The van der Waals surface area contributed by atoms with Crippen molar-refractivity contribution < 1.29 is 4.79 Å². The van der Waals surface area contributed by atoms with Crippen molar-refractivity contribution in [3.8, 4) is 6.07 Å². The summed E-state index contributed by atoms with van der Waals surface area (Å²) >= 11 is 0. The van der Waals surface area contributed by atoms with E-state index in [0.29, 0.717) is 6.54 Å². The van der Waals surface area contributed by atoms with Gasteiger partial charge in [0.25, 0.3) is 5.91 Å². The van der Waals surface area contributed by atoms with E-state index < -0.39 is 0 Å². The van der Waals surface area contributed by atoms with Gasteiger partial charge in [-0.2, -0.15) is 5.26 Å². The maximum Gasteiger partial charge on any atom is 0.262 e. The molecule has 0 heterocycles. The van der Waals surface area contributed by atoms with E-state index in [0.717, 1.165) is 16.7 Å². The highest BCUT2D eigenvalue weighted by molar-refractivity contribution is 6.01. The Morgan fingerprint density at radius 2 is 1.95 bits per heavy atom. The van der Waals surface area contributed by atoms with Gasteiger partial charge < -0.3 is 5.32 Å². The fourth-order valence-electron chi connectivity index (χ4n) is 1.70. The zero-order valence-corrected chi connectivity index (χ0v) is 11.6. The Bertz CT molecular complexity index is 577. The number of nitriles is 1. The maximum atomic E-state index is 11.8. The summed E-state index contributed by atoms with van der Waals surface area (Å²) in [6.45, 7) is 9.89. The monoisotopic (exact) mass is 254 g/mol. The summed E-state index contributed by atoms with van der Waals surface area (Å²) in [5, 5.41) is 11.7. The lowest BCUT2D eigenvalue weighted by Gasteiger charge is -2.07. The van der Waals surface area contributed by atoms with Gasteiger partial charge in [-0.1, -0.05) is 18.2 Å². The zero-order valence-electron chi connectivity index (χ0n) is 11.6. The van der Waals surface area contributed by atoms with Crippen molar-refractivity contribution >= 4 is 12.0 Å². The van der Waals surface area contributed by atoms with Crippen molar-refractivity contribution in [3.05, 3.63) is 52.6 Å². The van der Waals surface area contributed by atoms with Gasteiger partial charge in [-0.3, -0.25) is 4.79 Å². The lowest BCUT2D eigenvalue weighted by atomic mass is 9.99. The van der Waals surface area contributed by atoms with Crippen molar-refractivity contribution in [1.82, 2.24) is 5.32 Å². The highest BCUT2D eigenvalue weighted by Gasteiger charge is 2.09. The Hall–Kier alpha value is -2.34. The van der Waals surface area contributed by atoms with Gasteiger partial charge in [-0.05, 0) is 49.1 Å². The van der Waals surface area contributed by atoms with E-state index in [4.69, 9.17) is 5.26 Å². The van der Waals surface area contributed by atoms with Crippen LogP contribution in [-0.4, -0.2) is 12.5 Å². The molecule has 0 saturated heterocycles. The molecule has 0 aliphatic heterocycles. The van der Waals surface area contributed by atoms with Crippen LogP contribution in [0.1, 0.15) is 22.3 Å². The second kappa shape index (κ2) is 6.55. The number of amides is 1. The molecule has 0 aromatic heterocycles. The lowest BCUT2D eigenvalue weighted by Crippen LogP contribution is -2.24. The topological polar surface area (TPSA) is 52.9 Å². The molecule has 0 spiro atoms. The van der Waals surface area contributed by atoms with Crippen LogP contribution in [0, 0.1) is 32.1 Å². The number of hydrogen-bond donors (Lipinski definition) is 1. The van der Waals surface area contributed by atoms with Crippen LogP contribution in [0.15, 0.2) is 30.4 Å². The number of rotatable bonds is 4. The Balaban J connectivity index is 3.12. The van der Waals surface area contributed by atoms with E-state index in [9.17, 15) is 4.79 Å². The molecule has 1 amide bonds. The molecule has 0 atom stereocenters. The summed E-state index contributed by atoms with van der Waals surface area (Å²) < 4.78 is 0. The minimum Gasteiger partial charge on any atom is -0.348 e. The van der Waals surface area contributed by atoms with Crippen molar-refractivity contribution in [2.45, 2.75) is 20.8 Å². The molecule has 3 nitrogen and oxygen atoms in total. The van der Waals surface area contributed by atoms with Gasteiger partial charge in [-0.15, -0.1) is 6.58 Å². The smallest absolute Gasteiger partial charge is 0.262 e. The number of hydrogen-bond acceptors (Lipinski definition) is 2. The summed E-state index contributed by atoms with van der Waals surface area (Å²) in [6, 6.07) is 5.98. The van der Waals surface area contributed by atoms with E-state index in [1.165, 1.54) is 5.56 Å². The lowest BCUT2D eigenvalue weighted by molar-refractivity contribution is -0.116. The molecule has 0 bridgehead atoms. The van der Waals surface area contributed by atoms with E-state index in [-0.39, 0.29) is 11.5 Å². The molecule has 1 N–H and O–H groups in total. The van der Waals surface area contributed by atoms with Crippen LogP contribution in [0.5, 0.6) is 0 Å². The van der Waals surface area contributed by atoms with Gasteiger partial charge in [-0.25, -0.2) is 0 Å². The predicted octanol–water partition coefficient (Wildman–Crippen LogP) is 2.82. The van der Waals surface area contributed by atoms with E-state index in [1.54, 1.807) is 12.2 Å². The molecule has 0 radical (unpaired) electrons. The summed E-state index contributed by atoms with van der Waals surface area (Å²) in [5.41, 5.74) is 4.39. The molecule has 19 heavy (non-hydrogen) atoms. The minimum atomic E-state index is -0.375. The summed E-state index contributed by atoms with van der Waals surface area (Å²) in [4.78, 5) is 11.8. The normalized spacial score (nSPS) is 10.7. The van der Waals surface area contributed by atoms with E-state index in [2.05, 4.69) is 18.0 Å². The standard InChI is InChI=1S/C16H18N2O/c1-5-6-18-16(19)15(10-17)9-14-8-12(3)11(2)7-13(14)4/h5,7-9H,1,6H2,2-4H3,(H,18,19)/b15-9+. The molecule has 0 aliphatic rings. The third-order valence-corrected chi connectivity index (χ3v) is 2.95.